The Bertz CT molecular complexity index is 1090. The topological polar surface area (TPSA) is 103 Å². The number of aliphatic hydroxyl groups excluding tert-OH is 2. The zero-order valence-corrected chi connectivity index (χ0v) is 21.4. The van der Waals surface area contributed by atoms with Gasteiger partial charge in [0.05, 0.1) is 60.1 Å². The highest BCUT2D eigenvalue weighted by atomic mass is 33.1. The van der Waals surface area contributed by atoms with Crippen molar-refractivity contribution in [3.63, 3.8) is 0 Å². The molecule has 12 heteroatoms. The number of hydrogen-bond donors (Lipinski definition) is 2. The van der Waals surface area contributed by atoms with Gasteiger partial charge < -0.3 is 29.2 Å². The van der Waals surface area contributed by atoms with E-state index in [4.69, 9.17) is 39.1 Å². The van der Waals surface area contributed by atoms with Gasteiger partial charge in [-0.25, -0.2) is 9.97 Å². The fourth-order valence-corrected chi connectivity index (χ4v) is 7.32. The Balaban J connectivity index is 1.30. The summed E-state index contributed by atoms with van der Waals surface area (Å²) in [6.07, 6.45) is 0. The van der Waals surface area contributed by atoms with Crippen LogP contribution in [0.25, 0.3) is 20.4 Å². The summed E-state index contributed by atoms with van der Waals surface area (Å²) in [6.45, 7) is 2.38. The molecule has 34 heavy (non-hydrogen) atoms. The van der Waals surface area contributed by atoms with Crippen molar-refractivity contribution in [3.05, 3.63) is 36.4 Å². The molecule has 2 aromatic carbocycles. The maximum Gasteiger partial charge on any atom is 0.162 e. The molecule has 0 saturated carbocycles. The van der Waals surface area contributed by atoms with Gasteiger partial charge >= 0.3 is 0 Å². The number of thiazole rings is 2. The van der Waals surface area contributed by atoms with Crippen molar-refractivity contribution >= 4 is 64.7 Å². The van der Waals surface area contributed by atoms with E-state index in [1.807, 2.05) is 36.4 Å². The van der Waals surface area contributed by atoms with Gasteiger partial charge in [0, 0.05) is 12.1 Å². The van der Waals surface area contributed by atoms with E-state index in [-0.39, 0.29) is 13.2 Å². The lowest BCUT2D eigenvalue weighted by Gasteiger charge is -2.06. The second-order valence-electron chi connectivity index (χ2n) is 6.75. The largest absolute Gasteiger partial charge is 0.491 e. The average molecular weight is 541 g/mol. The van der Waals surface area contributed by atoms with Gasteiger partial charge in [-0.1, -0.05) is 0 Å². The van der Waals surface area contributed by atoms with Gasteiger partial charge in [-0.2, -0.15) is 0 Å². The van der Waals surface area contributed by atoms with Crippen LogP contribution in [0.2, 0.25) is 0 Å². The summed E-state index contributed by atoms with van der Waals surface area (Å²) in [5.41, 5.74) is 1.80. The lowest BCUT2D eigenvalue weighted by atomic mass is 10.3. The first kappa shape index (κ1) is 25.5. The number of nitrogens with zero attached hydrogens (tertiary/aromatic N) is 2. The molecular formula is C22H24N2O6S4. The predicted molar refractivity (Wildman–Crippen MR) is 138 cm³/mol. The number of rotatable bonds is 15. The Morgan fingerprint density at radius 2 is 1.12 bits per heavy atom. The number of aliphatic hydroxyl groups is 2. The van der Waals surface area contributed by atoms with Crippen molar-refractivity contribution in [2.24, 2.45) is 0 Å². The Kier molecular flexibility index (Phi) is 10.1. The highest BCUT2D eigenvalue weighted by molar-refractivity contribution is 8.77. The Morgan fingerprint density at radius 1 is 0.647 bits per heavy atom. The molecule has 0 aliphatic carbocycles. The van der Waals surface area contributed by atoms with Crippen molar-refractivity contribution < 1.29 is 29.2 Å². The molecule has 0 aliphatic rings. The van der Waals surface area contributed by atoms with Gasteiger partial charge in [-0.05, 0) is 45.9 Å². The van der Waals surface area contributed by atoms with Crippen molar-refractivity contribution in [1.29, 1.82) is 0 Å². The monoisotopic (exact) mass is 540 g/mol. The molecule has 0 spiro atoms. The third-order valence-electron chi connectivity index (χ3n) is 4.33. The Hall–Kier alpha value is -1.64. The SMILES string of the molecule is OCCOCCOc1ccc2sc(SSc3nc4cc(OCCOCCO)ccc4s3)nc2c1. The molecule has 0 fully saturated rings. The van der Waals surface area contributed by atoms with E-state index in [0.717, 1.165) is 40.6 Å². The first-order valence-corrected chi connectivity index (χ1v) is 14.3. The molecule has 8 nitrogen and oxygen atoms in total. The predicted octanol–water partition coefficient (Wildman–Crippen LogP) is 4.48. The smallest absolute Gasteiger partial charge is 0.162 e. The van der Waals surface area contributed by atoms with Crippen LogP contribution < -0.4 is 9.47 Å². The van der Waals surface area contributed by atoms with Crippen molar-refractivity contribution in [3.8, 4) is 11.5 Å². The lowest BCUT2D eigenvalue weighted by molar-refractivity contribution is 0.0705. The van der Waals surface area contributed by atoms with Gasteiger partial charge in [0.15, 0.2) is 8.68 Å². The summed E-state index contributed by atoms with van der Waals surface area (Å²) in [4.78, 5) is 9.43. The average Bonchev–Trinajstić information content (AvgIpc) is 3.45. The maximum atomic E-state index is 8.72. The fourth-order valence-electron chi connectivity index (χ4n) is 2.86. The molecule has 0 unspecified atom stereocenters. The number of aromatic nitrogens is 2. The van der Waals surface area contributed by atoms with Crippen LogP contribution in [0, 0.1) is 0 Å². The van der Waals surface area contributed by atoms with E-state index in [1.165, 1.54) is 0 Å². The summed E-state index contributed by atoms with van der Waals surface area (Å²) >= 11 is 3.27. The molecule has 0 radical (unpaired) electrons. The molecule has 4 aromatic rings. The van der Waals surface area contributed by atoms with Crippen molar-refractivity contribution in [2.45, 2.75) is 8.68 Å². The van der Waals surface area contributed by atoms with Crippen LogP contribution in [-0.4, -0.2) is 73.0 Å². The van der Waals surface area contributed by atoms with Crippen LogP contribution in [0.4, 0.5) is 0 Å². The van der Waals surface area contributed by atoms with Crippen LogP contribution in [0.3, 0.4) is 0 Å². The van der Waals surface area contributed by atoms with Gasteiger partial charge in [0.2, 0.25) is 0 Å². The van der Waals surface area contributed by atoms with Crippen LogP contribution in [0.5, 0.6) is 11.5 Å². The molecule has 0 aliphatic heterocycles. The second kappa shape index (κ2) is 13.4. The van der Waals surface area contributed by atoms with E-state index in [9.17, 15) is 0 Å². The van der Waals surface area contributed by atoms with Crippen LogP contribution >= 0.6 is 44.3 Å². The minimum atomic E-state index is 0.0122. The number of fused-ring (bicyclic) bond motifs is 2. The molecule has 2 aromatic heterocycles. The summed E-state index contributed by atoms with van der Waals surface area (Å²) in [7, 11) is 3.18. The van der Waals surface area contributed by atoms with Crippen LogP contribution in [0.15, 0.2) is 45.1 Å². The molecule has 182 valence electrons. The highest BCUT2D eigenvalue weighted by Gasteiger charge is 2.11. The van der Waals surface area contributed by atoms with Gasteiger partial charge in [0.25, 0.3) is 0 Å². The number of benzene rings is 2. The standard InChI is InChI=1S/C22H24N2O6S4/c25-5-7-27-9-11-29-15-1-3-19-17(13-15)23-21(31-19)33-34-22-24-18-14-16(2-4-20(18)32-22)30-12-10-28-8-6-26/h1-4,13-14,25-26H,5-12H2. The third-order valence-corrected chi connectivity index (χ3v) is 9.37. The van der Waals surface area contributed by atoms with Gasteiger partial charge in [-0.15, -0.1) is 22.7 Å². The van der Waals surface area contributed by atoms with E-state index < -0.39 is 0 Å². The Labute approximate surface area is 212 Å². The van der Waals surface area contributed by atoms with Crippen molar-refractivity contribution in [1.82, 2.24) is 9.97 Å². The van der Waals surface area contributed by atoms with Gasteiger partial charge in [-0.3, -0.25) is 0 Å². The first-order chi connectivity index (χ1) is 16.7. The molecule has 2 N–H and O–H groups in total. The molecule has 0 atom stereocenters. The quantitative estimate of drug-likeness (QED) is 0.166. The van der Waals surface area contributed by atoms with E-state index >= 15 is 0 Å². The Morgan fingerprint density at radius 3 is 1.56 bits per heavy atom. The zero-order chi connectivity index (χ0) is 23.6. The molecule has 0 saturated heterocycles. The van der Waals surface area contributed by atoms with E-state index in [2.05, 4.69) is 0 Å². The summed E-state index contributed by atoms with van der Waals surface area (Å²) < 4.78 is 25.9. The minimum Gasteiger partial charge on any atom is -0.491 e. The molecular weight excluding hydrogens is 517 g/mol. The zero-order valence-electron chi connectivity index (χ0n) is 18.2. The second-order valence-corrected chi connectivity index (χ2v) is 11.4. The first-order valence-electron chi connectivity index (χ1n) is 10.5. The fraction of sp³-hybridized carbons (Fsp3) is 0.364. The summed E-state index contributed by atoms with van der Waals surface area (Å²) in [5, 5.41) is 17.4. The highest BCUT2D eigenvalue weighted by Crippen LogP contribution is 2.44. The number of hydrogen-bond acceptors (Lipinski definition) is 12. The normalized spacial score (nSPS) is 11.5. The molecule has 0 bridgehead atoms. The number of ether oxygens (including phenoxy) is 4. The molecule has 2 heterocycles. The lowest BCUT2D eigenvalue weighted by Crippen LogP contribution is -2.08. The third kappa shape index (κ3) is 7.43. The van der Waals surface area contributed by atoms with E-state index in [1.54, 1.807) is 44.3 Å². The maximum absolute atomic E-state index is 8.72. The summed E-state index contributed by atoms with van der Waals surface area (Å²) in [5.74, 6) is 1.50. The van der Waals surface area contributed by atoms with Crippen LogP contribution in [0.1, 0.15) is 0 Å². The summed E-state index contributed by atoms with van der Waals surface area (Å²) in [6, 6.07) is 11.8. The van der Waals surface area contributed by atoms with Crippen molar-refractivity contribution in [2.75, 3.05) is 52.9 Å². The van der Waals surface area contributed by atoms with Gasteiger partial charge in [0.1, 0.15) is 24.7 Å². The van der Waals surface area contributed by atoms with E-state index in [0.29, 0.717) is 39.6 Å². The molecule has 0 amide bonds. The molecule has 4 rings (SSSR count). The van der Waals surface area contributed by atoms with Crippen LogP contribution in [-0.2, 0) is 9.47 Å². The minimum absolute atomic E-state index is 0.0122.